The highest BCUT2D eigenvalue weighted by Gasteiger charge is 2.40. The van der Waals surface area contributed by atoms with Crippen molar-refractivity contribution in [3.8, 4) is 0 Å². The second-order valence-corrected chi connectivity index (χ2v) is 7.73. The van der Waals surface area contributed by atoms with Crippen molar-refractivity contribution in [2.24, 2.45) is 0 Å². The van der Waals surface area contributed by atoms with Crippen molar-refractivity contribution in [3.63, 3.8) is 0 Å². The molecule has 1 N–H and O–H groups in total. The van der Waals surface area contributed by atoms with Crippen LogP contribution in [0.3, 0.4) is 0 Å². The van der Waals surface area contributed by atoms with E-state index in [2.05, 4.69) is 15.2 Å². The zero-order chi connectivity index (χ0) is 23.4. The second kappa shape index (κ2) is 9.55. The molecule has 33 heavy (non-hydrogen) atoms. The molecule has 0 aliphatic carbocycles. The van der Waals surface area contributed by atoms with Gasteiger partial charge < -0.3 is 9.84 Å². The molecule has 0 aliphatic rings. The Morgan fingerprint density at radius 2 is 1.88 bits per heavy atom. The predicted molar refractivity (Wildman–Crippen MR) is 112 cm³/mol. The van der Waals surface area contributed by atoms with E-state index >= 15 is 0 Å². The van der Waals surface area contributed by atoms with Crippen LogP contribution in [0.5, 0.6) is 0 Å². The Labute approximate surface area is 188 Å². The highest BCUT2D eigenvalue weighted by atomic mass is 19.1. The standard InChI is InChI=1S/C23H22F3N5O2/c1-16(33-12-20-7-8-30(29-20)11-17-3-2-4-18(24)9-17)23(32,13-31-15-27-14-28-31)21-6-5-19(25)10-22(21)26/h2-10,14-16,32H,11-13H2,1H3/t16-,23-/m1/s1. The average molecular weight is 457 g/mol. The lowest BCUT2D eigenvalue weighted by Crippen LogP contribution is -2.44. The number of aliphatic hydroxyl groups is 1. The number of hydrogen-bond acceptors (Lipinski definition) is 5. The summed E-state index contributed by atoms with van der Waals surface area (Å²) in [6, 6.07) is 10.9. The van der Waals surface area contributed by atoms with E-state index in [1.165, 1.54) is 35.5 Å². The first kappa shape index (κ1) is 22.7. The van der Waals surface area contributed by atoms with Crippen LogP contribution in [0.15, 0.2) is 67.4 Å². The number of halogens is 3. The molecular formula is C23H22F3N5O2. The third kappa shape index (κ3) is 5.29. The Morgan fingerprint density at radius 3 is 2.61 bits per heavy atom. The van der Waals surface area contributed by atoms with Crippen LogP contribution >= 0.6 is 0 Å². The van der Waals surface area contributed by atoms with Crippen molar-refractivity contribution in [2.75, 3.05) is 0 Å². The molecule has 0 fully saturated rings. The number of hydrogen-bond donors (Lipinski definition) is 1. The molecule has 0 saturated carbocycles. The largest absolute Gasteiger partial charge is 0.380 e. The summed E-state index contributed by atoms with van der Waals surface area (Å²) >= 11 is 0. The summed E-state index contributed by atoms with van der Waals surface area (Å²) in [6.45, 7) is 1.83. The molecule has 0 unspecified atom stereocenters. The summed E-state index contributed by atoms with van der Waals surface area (Å²) in [6.07, 6.45) is 3.48. The monoisotopic (exact) mass is 457 g/mol. The third-order valence-corrected chi connectivity index (χ3v) is 5.35. The van der Waals surface area contributed by atoms with Gasteiger partial charge in [-0.3, -0.25) is 4.68 Å². The van der Waals surface area contributed by atoms with Gasteiger partial charge in [-0.2, -0.15) is 10.2 Å². The fraction of sp³-hybridized carbons (Fsp3) is 0.261. The van der Waals surface area contributed by atoms with Crippen molar-refractivity contribution < 1.29 is 23.0 Å². The Hall–Kier alpha value is -3.50. The molecule has 0 spiro atoms. The SMILES string of the molecule is C[C@@H](OCc1ccn(Cc2cccc(F)c2)n1)[C@](O)(Cn1cncn1)c1ccc(F)cc1F. The van der Waals surface area contributed by atoms with Crippen LogP contribution < -0.4 is 0 Å². The lowest BCUT2D eigenvalue weighted by Gasteiger charge is -2.34. The maximum atomic E-state index is 14.6. The van der Waals surface area contributed by atoms with E-state index < -0.39 is 23.3 Å². The van der Waals surface area contributed by atoms with Crippen LogP contribution in [0, 0.1) is 17.5 Å². The van der Waals surface area contributed by atoms with Gasteiger partial charge in [0, 0.05) is 17.8 Å². The van der Waals surface area contributed by atoms with Crippen LogP contribution in [-0.2, 0) is 30.0 Å². The van der Waals surface area contributed by atoms with Crippen molar-refractivity contribution in [1.29, 1.82) is 0 Å². The molecule has 2 atom stereocenters. The van der Waals surface area contributed by atoms with Crippen molar-refractivity contribution >= 4 is 0 Å². The van der Waals surface area contributed by atoms with Gasteiger partial charge in [-0.05, 0) is 36.8 Å². The van der Waals surface area contributed by atoms with Gasteiger partial charge in [0.1, 0.15) is 35.7 Å². The van der Waals surface area contributed by atoms with E-state index in [-0.39, 0.29) is 24.5 Å². The minimum absolute atomic E-state index is 0.0276. The first-order valence-electron chi connectivity index (χ1n) is 10.2. The molecule has 2 heterocycles. The molecule has 7 nitrogen and oxygen atoms in total. The quantitative estimate of drug-likeness (QED) is 0.417. The van der Waals surface area contributed by atoms with Crippen molar-refractivity contribution in [2.45, 2.75) is 38.3 Å². The summed E-state index contributed by atoms with van der Waals surface area (Å²) in [5, 5.41) is 19.8. The van der Waals surface area contributed by atoms with Crippen LogP contribution in [0.4, 0.5) is 13.2 Å². The van der Waals surface area contributed by atoms with Gasteiger partial charge in [0.2, 0.25) is 0 Å². The molecule has 0 radical (unpaired) electrons. The molecule has 2 aromatic heterocycles. The van der Waals surface area contributed by atoms with E-state index in [4.69, 9.17) is 4.74 Å². The van der Waals surface area contributed by atoms with Gasteiger partial charge in [-0.25, -0.2) is 22.8 Å². The van der Waals surface area contributed by atoms with Gasteiger partial charge in [0.05, 0.1) is 31.5 Å². The first-order valence-corrected chi connectivity index (χ1v) is 10.2. The highest BCUT2D eigenvalue weighted by molar-refractivity contribution is 5.26. The summed E-state index contributed by atoms with van der Waals surface area (Å²) in [5.74, 6) is -1.97. The molecule has 2 aromatic carbocycles. The van der Waals surface area contributed by atoms with Crippen molar-refractivity contribution in [3.05, 3.63) is 102 Å². The van der Waals surface area contributed by atoms with Crippen LogP contribution in [0.2, 0.25) is 0 Å². The van der Waals surface area contributed by atoms with Crippen LogP contribution in [0.25, 0.3) is 0 Å². The van der Waals surface area contributed by atoms with Gasteiger partial charge in [0.25, 0.3) is 0 Å². The molecule has 10 heteroatoms. The van der Waals surface area contributed by atoms with Crippen LogP contribution in [0.1, 0.15) is 23.7 Å². The Bertz CT molecular complexity index is 1210. The number of nitrogens with zero attached hydrogens (tertiary/aromatic N) is 5. The Balaban J connectivity index is 1.49. The van der Waals surface area contributed by atoms with Gasteiger partial charge in [-0.1, -0.05) is 18.2 Å². The normalized spacial score (nSPS) is 14.2. The summed E-state index contributed by atoms with van der Waals surface area (Å²) in [7, 11) is 0. The van der Waals surface area contributed by atoms with Gasteiger partial charge in [-0.15, -0.1) is 0 Å². The Kier molecular flexibility index (Phi) is 6.57. The van der Waals surface area contributed by atoms with E-state index in [1.807, 2.05) is 0 Å². The van der Waals surface area contributed by atoms with Gasteiger partial charge in [0.15, 0.2) is 0 Å². The van der Waals surface area contributed by atoms with E-state index in [9.17, 15) is 18.3 Å². The van der Waals surface area contributed by atoms with Crippen molar-refractivity contribution in [1.82, 2.24) is 24.5 Å². The summed E-state index contributed by atoms with van der Waals surface area (Å²) in [4.78, 5) is 3.84. The number of aromatic nitrogens is 5. The second-order valence-electron chi connectivity index (χ2n) is 7.73. The first-order chi connectivity index (χ1) is 15.8. The molecule has 172 valence electrons. The number of ether oxygens (including phenoxy) is 1. The molecule has 0 saturated heterocycles. The number of rotatable bonds is 9. The average Bonchev–Trinajstić information content (AvgIpc) is 3.44. The maximum absolute atomic E-state index is 14.6. The molecule has 4 rings (SSSR count). The topological polar surface area (TPSA) is 78.0 Å². The molecular weight excluding hydrogens is 435 g/mol. The zero-order valence-electron chi connectivity index (χ0n) is 17.8. The minimum atomic E-state index is -1.87. The highest BCUT2D eigenvalue weighted by Crippen LogP contribution is 2.32. The lowest BCUT2D eigenvalue weighted by atomic mass is 9.88. The number of benzene rings is 2. The zero-order valence-corrected chi connectivity index (χ0v) is 17.8. The minimum Gasteiger partial charge on any atom is -0.380 e. The molecule has 4 aromatic rings. The maximum Gasteiger partial charge on any atom is 0.138 e. The fourth-order valence-corrected chi connectivity index (χ4v) is 3.57. The summed E-state index contributed by atoms with van der Waals surface area (Å²) in [5.41, 5.74) is -0.660. The molecule has 0 bridgehead atoms. The molecule has 0 aliphatic heterocycles. The van der Waals surface area contributed by atoms with E-state index in [0.29, 0.717) is 18.3 Å². The third-order valence-electron chi connectivity index (χ3n) is 5.35. The fourth-order valence-electron chi connectivity index (χ4n) is 3.57. The van der Waals surface area contributed by atoms with Crippen LogP contribution in [-0.4, -0.2) is 35.8 Å². The lowest BCUT2D eigenvalue weighted by molar-refractivity contribution is -0.124. The smallest absolute Gasteiger partial charge is 0.138 e. The Morgan fingerprint density at radius 1 is 1.06 bits per heavy atom. The molecule has 0 amide bonds. The van der Waals surface area contributed by atoms with E-state index in [0.717, 1.165) is 11.6 Å². The van der Waals surface area contributed by atoms with Gasteiger partial charge >= 0.3 is 0 Å². The predicted octanol–water partition coefficient (Wildman–Crippen LogP) is 3.43. The van der Waals surface area contributed by atoms with E-state index in [1.54, 1.807) is 36.0 Å². The summed E-state index contributed by atoms with van der Waals surface area (Å²) < 4.78 is 50.3.